The molecule has 3 N–H and O–H groups in total. The lowest BCUT2D eigenvalue weighted by Gasteiger charge is -2.34. The number of nitrogens with one attached hydrogen (secondary N) is 2. The molecule has 1 atom stereocenters. The predicted octanol–water partition coefficient (Wildman–Crippen LogP) is 2.82. The number of aryl methyl sites for hydroxylation is 1. The molecule has 2 aromatic heterocycles. The molecule has 1 aliphatic carbocycles. The molecule has 1 unspecified atom stereocenters. The first-order chi connectivity index (χ1) is 13.1. The van der Waals surface area contributed by atoms with Crippen molar-refractivity contribution >= 4 is 28.2 Å². The second-order valence-electron chi connectivity index (χ2n) is 6.53. The number of nitrogens with zero attached hydrogens (tertiary/aromatic N) is 3. The van der Waals surface area contributed by atoms with Gasteiger partial charge in [0.25, 0.3) is 5.91 Å². The van der Waals surface area contributed by atoms with E-state index in [0.29, 0.717) is 29.5 Å². The molecule has 4 rings (SSSR count). The molecule has 1 amide bonds. The first kappa shape index (κ1) is 17.6. The fourth-order valence-electron chi connectivity index (χ4n) is 3.35. The predicted molar refractivity (Wildman–Crippen MR) is 104 cm³/mol. The van der Waals surface area contributed by atoms with Gasteiger partial charge in [-0.3, -0.25) is 10.1 Å². The second kappa shape index (κ2) is 7.42. The van der Waals surface area contributed by atoms with Crippen LogP contribution < -0.4 is 10.6 Å². The summed E-state index contributed by atoms with van der Waals surface area (Å²) in [6.45, 7) is 0.368. The number of amides is 1. The van der Waals surface area contributed by atoms with Crippen molar-refractivity contribution in [3.63, 3.8) is 0 Å². The Bertz CT molecular complexity index is 930. The fraction of sp³-hybridized carbons (Fsp3) is 0.263. The number of carbonyl (C=O) groups excluding carboxylic acids is 1. The van der Waals surface area contributed by atoms with Crippen molar-refractivity contribution < 1.29 is 9.90 Å². The third-order valence-corrected chi connectivity index (χ3v) is 5.33. The number of hydrogen-bond acceptors (Lipinski definition) is 7. The molecule has 0 aliphatic heterocycles. The molecule has 0 saturated carbocycles. The molecule has 0 bridgehead atoms. The molecule has 3 aromatic rings. The summed E-state index contributed by atoms with van der Waals surface area (Å²) in [5, 5.41) is 24.9. The summed E-state index contributed by atoms with van der Waals surface area (Å²) in [5.41, 5.74) is 3.25. The number of rotatable bonds is 5. The minimum Gasteiger partial charge on any atom is -0.383 e. The molecule has 1 aliphatic rings. The topological polar surface area (TPSA) is 100 Å². The summed E-state index contributed by atoms with van der Waals surface area (Å²) in [7, 11) is 0. The number of aliphatic hydroxyl groups is 1. The maximum absolute atomic E-state index is 12.1. The molecule has 0 fully saturated rings. The third kappa shape index (κ3) is 3.81. The van der Waals surface area contributed by atoms with Gasteiger partial charge in [0.2, 0.25) is 5.13 Å². The number of benzene rings is 1. The van der Waals surface area contributed by atoms with Crippen molar-refractivity contribution in [2.45, 2.75) is 24.9 Å². The van der Waals surface area contributed by atoms with Crippen LogP contribution in [0.2, 0.25) is 0 Å². The maximum Gasteiger partial charge on any atom is 0.259 e. The smallest absolute Gasteiger partial charge is 0.259 e. The average molecular weight is 381 g/mol. The van der Waals surface area contributed by atoms with E-state index in [9.17, 15) is 9.90 Å². The van der Waals surface area contributed by atoms with Crippen LogP contribution in [-0.2, 0) is 12.0 Å². The minimum absolute atomic E-state index is 0.286. The van der Waals surface area contributed by atoms with E-state index in [1.54, 1.807) is 17.6 Å². The fourth-order valence-corrected chi connectivity index (χ4v) is 3.79. The van der Waals surface area contributed by atoms with Crippen molar-refractivity contribution in [2.75, 3.05) is 17.2 Å². The van der Waals surface area contributed by atoms with Gasteiger partial charge in [0.1, 0.15) is 16.9 Å². The second-order valence-corrected chi connectivity index (χ2v) is 7.36. The normalized spacial score (nSPS) is 18.6. The zero-order valence-electron chi connectivity index (χ0n) is 14.6. The number of hydrogen-bond donors (Lipinski definition) is 3. The van der Waals surface area contributed by atoms with Gasteiger partial charge in [-0.25, -0.2) is 4.98 Å². The first-order valence-corrected chi connectivity index (χ1v) is 9.60. The Hall–Kier alpha value is -2.84. The van der Waals surface area contributed by atoms with Gasteiger partial charge in [-0.2, -0.15) is 0 Å². The highest BCUT2D eigenvalue weighted by Gasteiger charge is 2.33. The number of carbonyl (C=O) groups is 1. The van der Waals surface area contributed by atoms with Crippen molar-refractivity contribution in [3.05, 3.63) is 64.8 Å². The van der Waals surface area contributed by atoms with Crippen LogP contribution in [0, 0.1) is 0 Å². The third-order valence-electron chi connectivity index (χ3n) is 4.72. The Morgan fingerprint density at radius 2 is 2.15 bits per heavy atom. The van der Waals surface area contributed by atoms with Crippen LogP contribution in [-0.4, -0.2) is 32.7 Å². The zero-order valence-corrected chi connectivity index (χ0v) is 15.4. The SMILES string of the molecule is O=C(Nc1nncs1)c1ccc(NCC2(O)CCCc3ccccc32)nc1. The van der Waals surface area contributed by atoms with Crippen LogP contribution in [0.1, 0.15) is 34.3 Å². The number of aromatic nitrogens is 3. The highest BCUT2D eigenvalue weighted by molar-refractivity contribution is 7.13. The van der Waals surface area contributed by atoms with Gasteiger partial charge in [-0.1, -0.05) is 35.6 Å². The lowest BCUT2D eigenvalue weighted by Crippen LogP contribution is -2.37. The molecular formula is C19H19N5O2S. The molecule has 0 spiro atoms. The largest absolute Gasteiger partial charge is 0.383 e. The van der Waals surface area contributed by atoms with E-state index in [0.717, 1.165) is 18.4 Å². The Kier molecular flexibility index (Phi) is 4.83. The number of anilines is 2. The van der Waals surface area contributed by atoms with Crippen molar-refractivity contribution in [2.24, 2.45) is 0 Å². The van der Waals surface area contributed by atoms with Crippen LogP contribution in [0.5, 0.6) is 0 Å². The van der Waals surface area contributed by atoms with Gasteiger partial charge in [-0.15, -0.1) is 10.2 Å². The van der Waals surface area contributed by atoms with Crippen LogP contribution in [0.3, 0.4) is 0 Å². The van der Waals surface area contributed by atoms with Gasteiger partial charge >= 0.3 is 0 Å². The summed E-state index contributed by atoms with van der Waals surface area (Å²) in [6.07, 6.45) is 4.15. The van der Waals surface area contributed by atoms with E-state index in [1.807, 2.05) is 18.2 Å². The molecule has 27 heavy (non-hydrogen) atoms. The Labute approximate surface area is 160 Å². The van der Waals surface area contributed by atoms with E-state index in [-0.39, 0.29) is 5.91 Å². The highest BCUT2D eigenvalue weighted by atomic mass is 32.1. The molecule has 8 heteroatoms. The van der Waals surface area contributed by atoms with Crippen LogP contribution in [0.25, 0.3) is 0 Å². The number of fused-ring (bicyclic) bond motifs is 1. The Morgan fingerprint density at radius 3 is 2.93 bits per heavy atom. The highest BCUT2D eigenvalue weighted by Crippen LogP contribution is 2.35. The molecule has 1 aromatic carbocycles. The molecule has 2 heterocycles. The van der Waals surface area contributed by atoms with Crippen LogP contribution in [0.15, 0.2) is 48.1 Å². The van der Waals surface area contributed by atoms with E-state index in [2.05, 4.69) is 31.9 Å². The molecular weight excluding hydrogens is 362 g/mol. The van der Waals surface area contributed by atoms with E-state index < -0.39 is 5.60 Å². The Balaban J connectivity index is 1.41. The molecule has 7 nitrogen and oxygen atoms in total. The van der Waals surface area contributed by atoms with Gasteiger partial charge < -0.3 is 10.4 Å². The zero-order chi connectivity index (χ0) is 18.7. The van der Waals surface area contributed by atoms with Gasteiger partial charge in [-0.05, 0) is 42.5 Å². The lowest BCUT2D eigenvalue weighted by molar-refractivity contribution is 0.0322. The molecule has 0 saturated heterocycles. The summed E-state index contributed by atoms with van der Waals surface area (Å²) in [6, 6.07) is 11.4. The van der Waals surface area contributed by atoms with Gasteiger partial charge in [0, 0.05) is 12.7 Å². The average Bonchev–Trinajstić information content (AvgIpc) is 3.20. The summed E-state index contributed by atoms with van der Waals surface area (Å²) in [5.74, 6) is 0.324. The van der Waals surface area contributed by atoms with Crippen LogP contribution >= 0.6 is 11.3 Å². The van der Waals surface area contributed by atoms with Crippen molar-refractivity contribution in [1.29, 1.82) is 0 Å². The minimum atomic E-state index is -0.912. The summed E-state index contributed by atoms with van der Waals surface area (Å²) < 4.78 is 0. The quantitative estimate of drug-likeness (QED) is 0.628. The Morgan fingerprint density at radius 1 is 1.26 bits per heavy atom. The molecule has 0 radical (unpaired) electrons. The monoisotopic (exact) mass is 381 g/mol. The van der Waals surface area contributed by atoms with Gasteiger partial charge in [0.05, 0.1) is 5.56 Å². The maximum atomic E-state index is 12.1. The first-order valence-electron chi connectivity index (χ1n) is 8.72. The van der Waals surface area contributed by atoms with Crippen molar-refractivity contribution in [1.82, 2.24) is 15.2 Å². The van der Waals surface area contributed by atoms with E-state index >= 15 is 0 Å². The van der Waals surface area contributed by atoms with E-state index in [4.69, 9.17) is 0 Å². The summed E-state index contributed by atoms with van der Waals surface area (Å²) >= 11 is 1.25. The van der Waals surface area contributed by atoms with Gasteiger partial charge in [0.15, 0.2) is 0 Å². The van der Waals surface area contributed by atoms with E-state index in [1.165, 1.54) is 23.1 Å². The summed E-state index contributed by atoms with van der Waals surface area (Å²) in [4.78, 5) is 16.4. The number of pyridine rings is 1. The van der Waals surface area contributed by atoms with Crippen LogP contribution in [0.4, 0.5) is 10.9 Å². The van der Waals surface area contributed by atoms with Crippen molar-refractivity contribution in [3.8, 4) is 0 Å². The standard InChI is InChI=1S/C19H19N5O2S/c25-17(23-18-24-22-12-27-18)14-7-8-16(20-10-14)21-11-19(26)9-3-5-13-4-1-2-6-15(13)19/h1-2,4,6-8,10,12,26H,3,5,9,11H2,(H,20,21)(H,23,24,25). The molecule has 138 valence electrons. The lowest BCUT2D eigenvalue weighted by atomic mass is 9.79.